The van der Waals surface area contributed by atoms with Crippen molar-refractivity contribution in [3.8, 4) is 0 Å². The van der Waals surface area contributed by atoms with Crippen LogP contribution in [0.4, 0.5) is 5.69 Å². The molecular weight excluding hydrogens is 338 g/mol. The van der Waals surface area contributed by atoms with Crippen LogP contribution in [0, 0.1) is 13.8 Å². The highest BCUT2D eigenvalue weighted by molar-refractivity contribution is 9.10. The Morgan fingerprint density at radius 3 is 2.30 bits per heavy atom. The Morgan fingerprint density at radius 2 is 1.70 bits per heavy atom. The molecular formula is C16H15BrClNO. The quantitative estimate of drug-likeness (QED) is 0.745. The van der Waals surface area contributed by atoms with Crippen LogP contribution in [0.1, 0.15) is 21.5 Å². The molecule has 0 saturated heterocycles. The third-order valence-corrected chi connectivity index (χ3v) is 3.98. The second-order valence-electron chi connectivity index (χ2n) is 4.83. The van der Waals surface area contributed by atoms with Crippen LogP contribution in [0.5, 0.6) is 0 Å². The highest BCUT2D eigenvalue weighted by Gasteiger charge is 2.17. The van der Waals surface area contributed by atoms with Crippen molar-refractivity contribution < 1.29 is 4.79 Å². The van der Waals surface area contributed by atoms with Crippen LogP contribution in [0.3, 0.4) is 0 Å². The van der Waals surface area contributed by atoms with Gasteiger partial charge >= 0.3 is 0 Å². The second-order valence-corrected chi connectivity index (χ2v) is 6.13. The van der Waals surface area contributed by atoms with E-state index in [1.54, 1.807) is 30.1 Å². The van der Waals surface area contributed by atoms with E-state index < -0.39 is 0 Å². The van der Waals surface area contributed by atoms with Crippen LogP contribution in [-0.4, -0.2) is 13.0 Å². The predicted molar refractivity (Wildman–Crippen MR) is 87.8 cm³/mol. The second kappa shape index (κ2) is 5.98. The van der Waals surface area contributed by atoms with E-state index in [9.17, 15) is 4.79 Å². The van der Waals surface area contributed by atoms with Crippen LogP contribution in [-0.2, 0) is 0 Å². The van der Waals surface area contributed by atoms with Gasteiger partial charge in [0.15, 0.2) is 0 Å². The first-order chi connectivity index (χ1) is 9.38. The molecule has 2 aromatic rings. The highest BCUT2D eigenvalue weighted by Crippen LogP contribution is 2.25. The zero-order valence-corrected chi connectivity index (χ0v) is 13.9. The number of aryl methyl sites for hydroxylation is 2. The summed E-state index contributed by atoms with van der Waals surface area (Å²) in [5, 5.41) is 0.547. The van der Waals surface area contributed by atoms with Gasteiger partial charge in [0.2, 0.25) is 0 Å². The number of carbonyl (C=O) groups is 1. The molecule has 0 aliphatic heterocycles. The Bertz CT molecular complexity index is 649. The van der Waals surface area contributed by atoms with E-state index in [1.165, 1.54) is 0 Å². The average Bonchev–Trinajstić information content (AvgIpc) is 2.38. The molecule has 1 amide bonds. The number of amides is 1. The van der Waals surface area contributed by atoms with Gasteiger partial charge in [-0.25, -0.2) is 0 Å². The van der Waals surface area contributed by atoms with Gasteiger partial charge in [-0.3, -0.25) is 4.79 Å². The van der Waals surface area contributed by atoms with Gasteiger partial charge in [-0.1, -0.05) is 17.7 Å². The number of hydrogen-bond donors (Lipinski definition) is 0. The molecule has 0 radical (unpaired) electrons. The number of carbonyl (C=O) groups excluding carboxylic acids is 1. The van der Waals surface area contributed by atoms with Gasteiger partial charge < -0.3 is 4.90 Å². The summed E-state index contributed by atoms with van der Waals surface area (Å²) in [5.41, 5.74) is 3.69. The summed E-state index contributed by atoms with van der Waals surface area (Å²) in [6.07, 6.45) is 0. The topological polar surface area (TPSA) is 20.3 Å². The Labute approximate surface area is 132 Å². The first-order valence-corrected chi connectivity index (χ1v) is 7.37. The van der Waals surface area contributed by atoms with E-state index in [0.717, 1.165) is 21.3 Å². The van der Waals surface area contributed by atoms with E-state index in [1.807, 2.05) is 26.0 Å². The first-order valence-electron chi connectivity index (χ1n) is 6.20. The number of anilines is 1. The number of benzene rings is 2. The van der Waals surface area contributed by atoms with Crippen LogP contribution < -0.4 is 4.90 Å². The van der Waals surface area contributed by atoms with Crippen LogP contribution in [0.2, 0.25) is 5.02 Å². The zero-order valence-electron chi connectivity index (χ0n) is 11.6. The highest BCUT2D eigenvalue weighted by atomic mass is 79.9. The zero-order chi connectivity index (χ0) is 14.9. The van der Waals surface area contributed by atoms with Crippen molar-refractivity contribution >= 4 is 39.1 Å². The van der Waals surface area contributed by atoms with Crippen molar-refractivity contribution in [2.75, 3.05) is 11.9 Å². The molecule has 0 saturated carbocycles. The van der Waals surface area contributed by atoms with Crippen LogP contribution in [0.15, 0.2) is 40.9 Å². The third-order valence-electron chi connectivity index (χ3n) is 3.06. The molecule has 20 heavy (non-hydrogen) atoms. The molecule has 0 bridgehead atoms. The lowest BCUT2D eigenvalue weighted by Crippen LogP contribution is -2.26. The van der Waals surface area contributed by atoms with Crippen LogP contribution >= 0.6 is 27.5 Å². The van der Waals surface area contributed by atoms with Gasteiger partial charge in [0, 0.05) is 22.2 Å². The molecule has 104 valence electrons. The van der Waals surface area contributed by atoms with E-state index >= 15 is 0 Å². The maximum atomic E-state index is 12.6. The molecule has 0 heterocycles. The van der Waals surface area contributed by atoms with Crippen molar-refractivity contribution in [3.05, 3.63) is 62.6 Å². The number of halogens is 2. The van der Waals surface area contributed by atoms with Crippen molar-refractivity contribution in [1.82, 2.24) is 0 Å². The van der Waals surface area contributed by atoms with Crippen molar-refractivity contribution in [2.45, 2.75) is 13.8 Å². The fourth-order valence-electron chi connectivity index (χ4n) is 2.10. The molecule has 2 rings (SSSR count). The van der Waals surface area contributed by atoms with Crippen molar-refractivity contribution in [2.24, 2.45) is 0 Å². The normalized spacial score (nSPS) is 10.4. The molecule has 0 aliphatic carbocycles. The van der Waals surface area contributed by atoms with E-state index in [0.29, 0.717) is 10.6 Å². The molecule has 2 nitrogen and oxygen atoms in total. The number of nitrogens with zero attached hydrogens (tertiary/aromatic N) is 1. The van der Waals surface area contributed by atoms with Crippen LogP contribution in [0.25, 0.3) is 0 Å². The monoisotopic (exact) mass is 351 g/mol. The maximum absolute atomic E-state index is 12.6. The molecule has 0 atom stereocenters. The lowest BCUT2D eigenvalue weighted by atomic mass is 10.1. The largest absolute Gasteiger partial charge is 0.311 e. The minimum absolute atomic E-state index is 0.0932. The molecule has 0 aliphatic rings. The first kappa shape index (κ1) is 15.1. The summed E-state index contributed by atoms with van der Waals surface area (Å²) in [6.45, 7) is 4.04. The standard InChI is InChI=1S/C16H15BrClNO/c1-10-6-11(2)8-13(7-10)19(3)16(20)14-9-12(18)4-5-15(14)17/h4-9H,1-3H3. The van der Waals surface area contributed by atoms with E-state index in [2.05, 4.69) is 22.0 Å². The lowest BCUT2D eigenvalue weighted by Gasteiger charge is -2.19. The molecule has 0 N–H and O–H groups in total. The smallest absolute Gasteiger partial charge is 0.259 e. The maximum Gasteiger partial charge on any atom is 0.259 e. The third kappa shape index (κ3) is 3.22. The van der Waals surface area contributed by atoms with Gasteiger partial charge in [-0.05, 0) is 71.2 Å². The van der Waals surface area contributed by atoms with Gasteiger partial charge in [0.25, 0.3) is 5.91 Å². The van der Waals surface area contributed by atoms with Gasteiger partial charge in [0.05, 0.1) is 5.56 Å². The summed E-state index contributed by atoms with van der Waals surface area (Å²) in [6, 6.07) is 11.3. The molecule has 4 heteroatoms. The summed E-state index contributed by atoms with van der Waals surface area (Å²) >= 11 is 9.37. The molecule has 0 aromatic heterocycles. The summed E-state index contributed by atoms with van der Waals surface area (Å²) in [7, 11) is 1.77. The Morgan fingerprint density at radius 1 is 1.10 bits per heavy atom. The fraction of sp³-hybridized carbons (Fsp3) is 0.188. The molecule has 2 aromatic carbocycles. The Kier molecular flexibility index (Phi) is 4.51. The van der Waals surface area contributed by atoms with Gasteiger partial charge in [-0.2, -0.15) is 0 Å². The molecule has 0 fully saturated rings. The molecule has 0 spiro atoms. The van der Waals surface area contributed by atoms with Crippen molar-refractivity contribution in [1.29, 1.82) is 0 Å². The fourth-order valence-corrected chi connectivity index (χ4v) is 2.69. The Hall–Kier alpha value is -1.32. The van der Waals surface area contributed by atoms with Gasteiger partial charge in [0.1, 0.15) is 0 Å². The van der Waals surface area contributed by atoms with E-state index in [-0.39, 0.29) is 5.91 Å². The molecule has 0 unspecified atom stereocenters. The minimum Gasteiger partial charge on any atom is -0.311 e. The Balaban J connectivity index is 2.39. The number of rotatable bonds is 2. The van der Waals surface area contributed by atoms with Crippen molar-refractivity contribution in [3.63, 3.8) is 0 Å². The summed E-state index contributed by atoms with van der Waals surface area (Å²) in [5.74, 6) is -0.0932. The summed E-state index contributed by atoms with van der Waals surface area (Å²) < 4.78 is 0.739. The van der Waals surface area contributed by atoms with E-state index in [4.69, 9.17) is 11.6 Å². The average molecular weight is 353 g/mol. The van der Waals surface area contributed by atoms with Gasteiger partial charge in [-0.15, -0.1) is 0 Å². The lowest BCUT2D eigenvalue weighted by molar-refractivity contribution is 0.0992. The predicted octanol–water partition coefficient (Wildman–Crippen LogP) is 5.00. The number of hydrogen-bond acceptors (Lipinski definition) is 1. The minimum atomic E-state index is -0.0932. The summed E-state index contributed by atoms with van der Waals surface area (Å²) in [4.78, 5) is 14.2. The SMILES string of the molecule is Cc1cc(C)cc(N(C)C(=O)c2cc(Cl)ccc2Br)c1.